The SMILES string of the molecule is CCCCOCCOCCNC(=NC)NCC(C)CN1CCN(CC)CC1.I. The Morgan fingerprint density at radius 2 is 1.61 bits per heavy atom. The van der Waals surface area contributed by atoms with E-state index in [4.69, 9.17) is 9.47 Å². The molecule has 1 fully saturated rings. The minimum Gasteiger partial charge on any atom is -0.379 e. The summed E-state index contributed by atoms with van der Waals surface area (Å²) in [6.07, 6.45) is 2.29. The third-order valence-electron chi connectivity index (χ3n) is 4.88. The van der Waals surface area contributed by atoms with Gasteiger partial charge in [0.05, 0.1) is 19.8 Å². The summed E-state index contributed by atoms with van der Waals surface area (Å²) < 4.78 is 11.0. The van der Waals surface area contributed by atoms with Crippen molar-refractivity contribution in [1.29, 1.82) is 0 Å². The van der Waals surface area contributed by atoms with Crippen LogP contribution in [0.25, 0.3) is 0 Å². The number of rotatable bonds is 14. The third-order valence-corrected chi connectivity index (χ3v) is 4.88. The summed E-state index contributed by atoms with van der Waals surface area (Å²) in [5.41, 5.74) is 0. The molecule has 0 saturated carbocycles. The molecule has 168 valence electrons. The lowest BCUT2D eigenvalue weighted by Crippen LogP contribution is -2.48. The molecule has 0 spiro atoms. The topological polar surface area (TPSA) is 61.4 Å². The number of aliphatic imine (C=N–C) groups is 1. The molecule has 1 saturated heterocycles. The molecule has 0 radical (unpaired) electrons. The Morgan fingerprint density at radius 3 is 2.21 bits per heavy atom. The summed E-state index contributed by atoms with van der Waals surface area (Å²) in [5, 5.41) is 6.73. The molecule has 1 atom stereocenters. The lowest BCUT2D eigenvalue weighted by atomic mass is 10.1. The van der Waals surface area contributed by atoms with Gasteiger partial charge < -0.3 is 29.9 Å². The molecule has 1 unspecified atom stereocenters. The van der Waals surface area contributed by atoms with Gasteiger partial charge in [0, 0.05) is 59.5 Å². The lowest BCUT2D eigenvalue weighted by molar-refractivity contribution is 0.0487. The van der Waals surface area contributed by atoms with Crippen LogP contribution in [-0.4, -0.2) is 102 Å². The molecule has 1 rings (SSSR count). The van der Waals surface area contributed by atoms with Gasteiger partial charge in [-0.2, -0.15) is 0 Å². The van der Waals surface area contributed by atoms with Gasteiger partial charge >= 0.3 is 0 Å². The van der Waals surface area contributed by atoms with Crippen molar-refractivity contribution in [1.82, 2.24) is 20.4 Å². The van der Waals surface area contributed by atoms with E-state index in [1.165, 1.54) is 39.1 Å². The van der Waals surface area contributed by atoms with Crippen LogP contribution < -0.4 is 10.6 Å². The Morgan fingerprint density at radius 1 is 0.964 bits per heavy atom. The largest absolute Gasteiger partial charge is 0.379 e. The summed E-state index contributed by atoms with van der Waals surface area (Å²) in [6, 6.07) is 0. The van der Waals surface area contributed by atoms with Crippen LogP contribution in [0.4, 0.5) is 0 Å². The third kappa shape index (κ3) is 13.9. The molecule has 0 bridgehead atoms. The Balaban J connectivity index is 0.00000729. The van der Waals surface area contributed by atoms with E-state index in [1.54, 1.807) is 0 Å². The van der Waals surface area contributed by atoms with E-state index in [0.29, 0.717) is 25.7 Å². The van der Waals surface area contributed by atoms with Crippen LogP contribution in [0, 0.1) is 5.92 Å². The second-order valence-electron chi connectivity index (χ2n) is 7.30. The van der Waals surface area contributed by atoms with Gasteiger partial charge in [0.25, 0.3) is 0 Å². The number of ether oxygens (including phenoxy) is 2. The number of halogens is 1. The fourth-order valence-corrected chi connectivity index (χ4v) is 3.09. The van der Waals surface area contributed by atoms with Crippen LogP contribution in [0.2, 0.25) is 0 Å². The van der Waals surface area contributed by atoms with Crippen LogP contribution in [0.15, 0.2) is 4.99 Å². The van der Waals surface area contributed by atoms with E-state index in [2.05, 4.69) is 46.2 Å². The highest BCUT2D eigenvalue weighted by molar-refractivity contribution is 14.0. The van der Waals surface area contributed by atoms with Crippen molar-refractivity contribution in [2.24, 2.45) is 10.9 Å². The van der Waals surface area contributed by atoms with Crippen LogP contribution in [0.1, 0.15) is 33.6 Å². The molecule has 0 aromatic rings. The van der Waals surface area contributed by atoms with Gasteiger partial charge in [-0.3, -0.25) is 4.99 Å². The van der Waals surface area contributed by atoms with Crippen molar-refractivity contribution in [2.75, 3.05) is 85.8 Å². The van der Waals surface area contributed by atoms with Crippen LogP contribution >= 0.6 is 24.0 Å². The van der Waals surface area contributed by atoms with E-state index >= 15 is 0 Å². The zero-order valence-corrected chi connectivity index (χ0v) is 20.9. The zero-order chi connectivity index (χ0) is 19.7. The number of hydrogen-bond donors (Lipinski definition) is 2. The fraction of sp³-hybridized carbons (Fsp3) is 0.950. The molecule has 0 aromatic carbocycles. The summed E-state index contributed by atoms with van der Waals surface area (Å²) in [6.45, 7) is 18.3. The van der Waals surface area contributed by atoms with Gasteiger partial charge in [0.2, 0.25) is 0 Å². The average molecular weight is 514 g/mol. The first-order valence-corrected chi connectivity index (χ1v) is 10.7. The molecular weight excluding hydrogens is 469 g/mol. The van der Waals surface area contributed by atoms with E-state index in [0.717, 1.165) is 38.6 Å². The van der Waals surface area contributed by atoms with Gasteiger partial charge in [-0.1, -0.05) is 27.2 Å². The molecule has 2 N–H and O–H groups in total. The first-order chi connectivity index (χ1) is 13.2. The molecular formula is C20H44IN5O2. The highest BCUT2D eigenvalue weighted by Crippen LogP contribution is 2.05. The number of likely N-dealkylation sites (N-methyl/N-ethyl adjacent to an activating group) is 1. The smallest absolute Gasteiger partial charge is 0.191 e. The summed E-state index contributed by atoms with van der Waals surface area (Å²) in [5.74, 6) is 1.44. The van der Waals surface area contributed by atoms with Gasteiger partial charge in [0.1, 0.15) is 0 Å². The second-order valence-corrected chi connectivity index (χ2v) is 7.30. The maximum absolute atomic E-state index is 5.57. The van der Waals surface area contributed by atoms with Crippen LogP contribution in [0.3, 0.4) is 0 Å². The highest BCUT2D eigenvalue weighted by atomic mass is 127. The minimum atomic E-state index is 0. The van der Waals surface area contributed by atoms with Gasteiger partial charge in [0.15, 0.2) is 5.96 Å². The quantitative estimate of drug-likeness (QED) is 0.160. The van der Waals surface area contributed by atoms with E-state index in [1.807, 2.05) is 7.05 Å². The van der Waals surface area contributed by atoms with Gasteiger partial charge in [-0.25, -0.2) is 0 Å². The van der Waals surface area contributed by atoms with Crippen molar-refractivity contribution in [3.63, 3.8) is 0 Å². The molecule has 0 aliphatic carbocycles. The summed E-state index contributed by atoms with van der Waals surface area (Å²) >= 11 is 0. The molecule has 1 aliphatic rings. The minimum absolute atomic E-state index is 0. The Kier molecular flexibility index (Phi) is 18.7. The maximum Gasteiger partial charge on any atom is 0.191 e. The second kappa shape index (κ2) is 18.8. The first-order valence-electron chi connectivity index (χ1n) is 10.7. The molecule has 8 heteroatoms. The van der Waals surface area contributed by atoms with Crippen molar-refractivity contribution < 1.29 is 9.47 Å². The number of hydrogen-bond acceptors (Lipinski definition) is 5. The lowest BCUT2D eigenvalue weighted by Gasteiger charge is -2.35. The fourth-order valence-electron chi connectivity index (χ4n) is 3.09. The Hall–Kier alpha value is -0.160. The Bertz CT molecular complexity index is 380. The molecule has 7 nitrogen and oxygen atoms in total. The predicted molar refractivity (Wildman–Crippen MR) is 129 cm³/mol. The van der Waals surface area contributed by atoms with E-state index in [9.17, 15) is 0 Å². The number of unbranched alkanes of at least 4 members (excludes halogenated alkanes) is 1. The van der Waals surface area contributed by atoms with Crippen molar-refractivity contribution in [2.45, 2.75) is 33.6 Å². The molecule has 28 heavy (non-hydrogen) atoms. The molecule has 0 aromatic heterocycles. The molecule has 1 aliphatic heterocycles. The normalized spacial score (nSPS) is 17.2. The average Bonchev–Trinajstić information content (AvgIpc) is 2.69. The number of guanidine groups is 1. The van der Waals surface area contributed by atoms with Crippen molar-refractivity contribution >= 4 is 29.9 Å². The Labute approximate surface area is 190 Å². The van der Waals surface area contributed by atoms with Gasteiger partial charge in [-0.05, 0) is 18.9 Å². The number of nitrogens with one attached hydrogen (secondary N) is 2. The van der Waals surface area contributed by atoms with E-state index in [-0.39, 0.29) is 24.0 Å². The monoisotopic (exact) mass is 513 g/mol. The molecule has 0 amide bonds. The summed E-state index contributed by atoms with van der Waals surface area (Å²) in [7, 11) is 1.81. The maximum atomic E-state index is 5.57. The zero-order valence-electron chi connectivity index (χ0n) is 18.5. The summed E-state index contributed by atoms with van der Waals surface area (Å²) in [4.78, 5) is 9.38. The van der Waals surface area contributed by atoms with Crippen LogP contribution in [0.5, 0.6) is 0 Å². The first kappa shape index (κ1) is 27.8. The standard InChI is InChI=1S/C20H43N5O2.HI/c1-5-7-13-26-15-16-27-14-8-22-20(21-4)23-17-19(3)18-25-11-9-24(6-2)10-12-25;/h19H,5-18H2,1-4H3,(H2,21,22,23);1H. The van der Waals surface area contributed by atoms with E-state index < -0.39 is 0 Å². The van der Waals surface area contributed by atoms with Crippen molar-refractivity contribution in [3.05, 3.63) is 0 Å². The number of nitrogens with zero attached hydrogens (tertiary/aromatic N) is 3. The predicted octanol–water partition coefficient (Wildman–Crippen LogP) is 1.88. The van der Waals surface area contributed by atoms with Crippen LogP contribution in [-0.2, 0) is 9.47 Å². The number of piperazine rings is 1. The van der Waals surface area contributed by atoms with Crippen molar-refractivity contribution in [3.8, 4) is 0 Å². The molecule has 1 heterocycles. The van der Waals surface area contributed by atoms with Gasteiger partial charge in [-0.15, -0.1) is 24.0 Å². The highest BCUT2D eigenvalue weighted by Gasteiger charge is 2.17.